The zero-order chi connectivity index (χ0) is 15.8. The SMILES string of the molecule is COc1ccc(C(=O)C=CC=Cc2ccccc2)cc1OC. The summed E-state index contributed by atoms with van der Waals surface area (Å²) in [6.07, 6.45) is 7.04. The molecule has 0 saturated carbocycles. The van der Waals surface area contributed by atoms with Gasteiger partial charge in [0.2, 0.25) is 0 Å². The Hall–Kier alpha value is -2.81. The van der Waals surface area contributed by atoms with Crippen molar-refractivity contribution in [3.05, 3.63) is 77.9 Å². The van der Waals surface area contributed by atoms with Crippen LogP contribution < -0.4 is 9.47 Å². The summed E-state index contributed by atoms with van der Waals surface area (Å²) in [4.78, 5) is 12.1. The van der Waals surface area contributed by atoms with Gasteiger partial charge in [-0.3, -0.25) is 4.79 Å². The highest BCUT2D eigenvalue weighted by molar-refractivity contribution is 6.05. The second-order valence-corrected chi connectivity index (χ2v) is 4.56. The van der Waals surface area contributed by atoms with Crippen molar-refractivity contribution in [3.63, 3.8) is 0 Å². The average molecular weight is 294 g/mol. The van der Waals surface area contributed by atoms with E-state index >= 15 is 0 Å². The highest BCUT2D eigenvalue weighted by Crippen LogP contribution is 2.27. The Morgan fingerprint density at radius 2 is 1.64 bits per heavy atom. The van der Waals surface area contributed by atoms with Gasteiger partial charge in [0.25, 0.3) is 0 Å². The predicted octanol–water partition coefficient (Wildman–Crippen LogP) is 4.16. The van der Waals surface area contributed by atoms with E-state index in [1.807, 2.05) is 42.5 Å². The molecule has 0 spiro atoms. The fourth-order valence-electron chi connectivity index (χ4n) is 1.96. The maximum absolute atomic E-state index is 12.1. The lowest BCUT2D eigenvalue weighted by molar-refractivity contribution is 0.104. The summed E-state index contributed by atoms with van der Waals surface area (Å²) < 4.78 is 10.3. The molecule has 3 nitrogen and oxygen atoms in total. The summed E-state index contributed by atoms with van der Waals surface area (Å²) in [6.45, 7) is 0. The zero-order valence-electron chi connectivity index (χ0n) is 12.7. The van der Waals surface area contributed by atoms with E-state index < -0.39 is 0 Å². The van der Waals surface area contributed by atoms with Crippen LogP contribution in [0.15, 0.2) is 66.8 Å². The van der Waals surface area contributed by atoms with E-state index in [0.29, 0.717) is 17.1 Å². The summed E-state index contributed by atoms with van der Waals surface area (Å²) >= 11 is 0. The van der Waals surface area contributed by atoms with Crippen molar-refractivity contribution in [1.82, 2.24) is 0 Å². The monoisotopic (exact) mass is 294 g/mol. The van der Waals surface area contributed by atoms with Crippen molar-refractivity contribution in [1.29, 1.82) is 0 Å². The predicted molar refractivity (Wildman–Crippen MR) is 88.5 cm³/mol. The van der Waals surface area contributed by atoms with Crippen LogP contribution in [0, 0.1) is 0 Å². The molecule has 0 saturated heterocycles. The van der Waals surface area contributed by atoms with Gasteiger partial charge >= 0.3 is 0 Å². The number of rotatable bonds is 6. The van der Waals surface area contributed by atoms with Gasteiger partial charge in [0.05, 0.1) is 14.2 Å². The normalized spacial score (nSPS) is 11.0. The first-order valence-electron chi connectivity index (χ1n) is 6.90. The number of carbonyl (C=O) groups is 1. The lowest BCUT2D eigenvalue weighted by Crippen LogP contribution is -1.97. The van der Waals surface area contributed by atoms with Crippen molar-refractivity contribution in [2.24, 2.45) is 0 Å². The smallest absolute Gasteiger partial charge is 0.185 e. The molecule has 0 aromatic heterocycles. The molecule has 2 aromatic rings. The van der Waals surface area contributed by atoms with Crippen LogP contribution in [-0.2, 0) is 0 Å². The van der Waals surface area contributed by atoms with Gasteiger partial charge in [0.15, 0.2) is 17.3 Å². The van der Waals surface area contributed by atoms with Crippen LogP contribution in [0.1, 0.15) is 15.9 Å². The van der Waals surface area contributed by atoms with Crippen LogP contribution in [-0.4, -0.2) is 20.0 Å². The lowest BCUT2D eigenvalue weighted by atomic mass is 10.1. The lowest BCUT2D eigenvalue weighted by Gasteiger charge is -2.07. The number of hydrogen-bond donors (Lipinski definition) is 0. The van der Waals surface area contributed by atoms with Crippen LogP contribution in [0.2, 0.25) is 0 Å². The molecule has 0 bridgehead atoms. The largest absolute Gasteiger partial charge is 0.493 e. The number of ketones is 1. The average Bonchev–Trinajstić information content (AvgIpc) is 2.58. The van der Waals surface area contributed by atoms with Crippen molar-refractivity contribution in [3.8, 4) is 11.5 Å². The topological polar surface area (TPSA) is 35.5 Å². The third kappa shape index (κ3) is 4.09. The highest BCUT2D eigenvalue weighted by atomic mass is 16.5. The number of carbonyl (C=O) groups excluding carboxylic acids is 1. The summed E-state index contributed by atoms with van der Waals surface area (Å²) in [6, 6.07) is 15.0. The first-order chi connectivity index (χ1) is 10.7. The van der Waals surface area contributed by atoms with Crippen molar-refractivity contribution >= 4 is 11.9 Å². The van der Waals surface area contributed by atoms with Gasteiger partial charge in [-0.15, -0.1) is 0 Å². The van der Waals surface area contributed by atoms with E-state index in [4.69, 9.17) is 9.47 Å². The van der Waals surface area contributed by atoms with E-state index in [1.54, 1.807) is 38.5 Å². The molecule has 112 valence electrons. The second-order valence-electron chi connectivity index (χ2n) is 4.56. The molecule has 0 aliphatic rings. The summed E-state index contributed by atoms with van der Waals surface area (Å²) in [5, 5.41) is 0. The van der Waals surface area contributed by atoms with Crippen molar-refractivity contribution in [2.75, 3.05) is 14.2 Å². The van der Waals surface area contributed by atoms with Gasteiger partial charge in [-0.2, -0.15) is 0 Å². The Kier molecular flexibility index (Phi) is 5.55. The molecular weight excluding hydrogens is 276 g/mol. The van der Waals surface area contributed by atoms with Crippen LogP contribution >= 0.6 is 0 Å². The molecule has 0 amide bonds. The van der Waals surface area contributed by atoms with Gasteiger partial charge in [-0.25, -0.2) is 0 Å². The third-order valence-electron chi connectivity index (χ3n) is 3.12. The number of hydrogen-bond acceptors (Lipinski definition) is 3. The molecule has 2 rings (SSSR count). The molecule has 0 aliphatic heterocycles. The molecule has 0 unspecified atom stereocenters. The molecule has 0 N–H and O–H groups in total. The molecule has 3 heteroatoms. The van der Waals surface area contributed by atoms with E-state index in [2.05, 4.69) is 0 Å². The molecule has 2 aromatic carbocycles. The van der Waals surface area contributed by atoms with E-state index in [9.17, 15) is 4.79 Å². The first kappa shape index (κ1) is 15.6. The molecule has 22 heavy (non-hydrogen) atoms. The fraction of sp³-hybridized carbons (Fsp3) is 0.105. The molecular formula is C19H18O3. The Morgan fingerprint density at radius 3 is 2.32 bits per heavy atom. The summed E-state index contributed by atoms with van der Waals surface area (Å²) in [7, 11) is 3.11. The van der Waals surface area contributed by atoms with Crippen LogP contribution in [0.4, 0.5) is 0 Å². The Morgan fingerprint density at radius 1 is 0.909 bits per heavy atom. The van der Waals surface area contributed by atoms with Gasteiger partial charge < -0.3 is 9.47 Å². The van der Waals surface area contributed by atoms with E-state index in [0.717, 1.165) is 5.56 Å². The standard InChI is InChI=1S/C19H18O3/c1-21-18-13-12-16(14-19(18)22-2)17(20)11-7-6-10-15-8-4-3-5-9-15/h3-14H,1-2H3. The minimum Gasteiger partial charge on any atom is -0.493 e. The molecule has 0 radical (unpaired) electrons. The molecule has 0 atom stereocenters. The minimum absolute atomic E-state index is 0.0846. The van der Waals surface area contributed by atoms with Gasteiger partial charge in [-0.05, 0) is 29.8 Å². The Bertz CT molecular complexity index is 685. The zero-order valence-corrected chi connectivity index (χ0v) is 12.7. The highest BCUT2D eigenvalue weighted by Gasteiger charge is 2.08. The van der Waals surface area contributed by atoms with E-state index in [1.165, 1.54) is 6.08 Å². The Labute approximate surface area is 130 Å². The quantitative estimate of drug-likeness (QED) is 0.456. The number of ether oxygens (including phenoxy) is 2. The third-order valence-corrected chi connectivity index (χ3v) is 3.12. The number of methoxy groups -OCH3 is 2. The number of benzene rings is 2. The summed E-state index contributed by atoms with van der Waals surface area (Å²) in [5.41, 5.74) is 1.65. The fourth-order valence-corrected chi connectivity index (χ4v) is 1.96. The maximum atomic E-state index is 12.1. The van der Waals surface area contributed by atoms with E-state index in [-0.39, 0.29) is 5.78 Å². The van der Waals surface area contributed by atoms with Gasteiger partial charge in [-0.1, -0.05) is 48.6 Å². The number of allylic oxidation sites excluding steroid dienone is 3. The van der Waals surface area contributed by atoms with Crippen LogP contribution in [0.25, 0.3) is 6.08 Å². The van der Waals surface area contributed by atoms with Crippen molar-refractivity contribution < 1.29 is 14.3 Å². The maximum Gasteiger partial charge on any atom is 0.185 e. The summed E-state index contributed by atoms with van der Waals surface area (Å²) in [5.74, 6) is 1.06. The van der Waals surface area contributed by atoms with Gasteiger partial charge in [0.1, 0.15) is 0 Å². The molecule has 0 heterocycles. The first-order valence-corrected chi connectivity index (χ1v) is 6.90. The molecule has 0 fully saturated rings. The minimum atomic E-state index is -0.0846. The van der Waals surface area contributed by atoms with Gasteiger partial charge in [0, 0.05) is 5.56 Å². The second kappa shape index (κ2) is 7.84. The Balaban J connectivity index is 2.06. The van der Waals surface area contributed by atoms with Crippen LogP contribution in [0.5, 0.6) is 11.5 Å². The molecule has 0 aliphatic carbocycles. The van der Waals surface area contributed by atoms with Crippen molar-refractivity contribution in [2.45, 2.75) is 0 Å². The van der Waals surface area contributed by atoms with Crippen LogP contribution in [0.3, 0.4) is 0 Å².